The number of benzene rings is 2. The zero-order valence-corrected chi connectivity index (χ0v) is 13.3. The van der Waals surface area contributed by atoms with E-state index in [0.717, 1.165) is 0 Å². The third-order valence-corrected chi connectivity index (χ3v) is 4.41. The standard InChI is InChI=1S/C13H12BrFN2O3S/c1-7-12(5-9(16)6-13(7)21(17,18)19)20-11-3-2-8(15)4-10(11)14/h2-6H,16H2,1H3,(H2,17,18,19). The van der Waals surface area contributed by atoms with Gasteiger partial charge in [0.15, 0.2) is 0 Å². The first-order valence-corrected chi connectivity index (χ1v) is 8.08. The van der Waals surface area contributed by atoms with Crippen LogP contribution >= 0.6 is 15.9 Å². The molecule has 0 atom stereocenters. The smallest absolute Gasteiger partial charge is 0.238 e. The molecule has 112 valence electrons. The minimum Gasteiger partial charge on any atom is -0.456 e. The maximum absolute atomic E-state index is 13.0. The van der Waals surface area contributed by atoms with Gasteiger partial charge in [-0.1, -0.05) is 0 Å². The Morgan fingerprint density at radius 3 is 2.43 bits per heavy atom. The molecule has 2 aromatic carbocycles. The van der Waals surface area contributed by atoms with Gasteiger partial charge in [0.05, 0.1) is 9.37 Å². The zero-order valence-electron chi connectivity index (χ0n) is 10.9. The van der Waals surface area contributed by atoms with E-state index in [2.05, 4.69) is 15.9 Å². The number of nitrogen functional groups attached to an aromatic ring is 1. The number of ether oxygens (including phenoxy) is 1. The maximum atomic E-state index is 13.0. The normalized spacial score (nSPS) is 11.4. The molecule has 0 heterocycles. The van der Waals surface area contributed by atoms with Crippen LogP contribution < -0.4 is 15.6 Å². The second kappa shape index (κ2) is 5.63. The van der Waals surface area contributed by atoms with Gasteiger partial charge in [-0.25, -0.2) is 17.9 Å². The van der Waals surface area contributed by atoms with Crippen LogP contribution in [-0.4, -0.2) is 8.42 Å². The lowest BCUT2D eigenvalue weighted by molar-refractivity contribution is 0.471. The highest BCUT2D eigenvalue weighted by atomic mass is 79.9. The van der Waals surface area contributed by atoms with E-state index in [-0.39, 0.29) is 16.3 Å². The lowest BCUT2D eigenvalue weighted by atomic mass is 10.2. The van der Waals surface area contributed by atoms with Crippen LogP contribution in [0, 0.1) is 12.7 Å². The average Bonchev–Trinajstić information content (AvgIpc) is 2.35. The third-order valence-electron chi connectivity index (χ3n) is 2.76. The van der Waals surface area contributed by atoms with Crippen molar-refractivity contribution in [3.05, 3.63) is 46.2 Å². The minimum atomic E-state index is -3.92. The monoisotopic (exact) mass is 374 g/mol. The van der Waals surface area contributed by atoms with Crippen LogP contribution in [0.2, 0.25) is 0 Å². The quantitative estimate of drug-likeness (QED) is 0.807. The maximum Gasteiger partial charge on any atom is 0.238 e. The molecule has 0 unspecified atom stereocenters. The Kier molecular flexibility index (Phi) is 4.22. The highest BCUT2D eigenvalue weighted by molar-refractivity contribution is 9.10. The van der Waals surface area contributed by atoms with Crippen molar-refractivity contribution in [2.45, 2.75) is 11.8 Å². The molecule has 0 amide bonds. The number of halogens is 2. The predicted octanol–water partition coefficient (Wildman–Crippen LogP) is 2.92. The van der Waals surface area contributed by atoms with E-state index in [4.69, 9.17) is 15.6 Å². The Bertz CT molecular complexity index is 809. The van der Waals surface area contributed by atoms with Gasteiger partial charge in [-0.05, 0) is 47.1 Å². The Morgan fingerprint density at radius 1 is 1.19 bits per heavy atom. The first-order valence-electron chi connectivity index (χ1n) is 5.74. The second-order valence-corrected chi connectivity index (χ2v) is 6.75. The van der Waals surface area contributed by atoms with Gasteiger partial charge in [0.25, 0.3) is 0 Å². The highest BCUT2D eigenvalue weighted by Crippen LogP contribution is 2.35. The van der Waals surface area contributed by atoms with Gasteiger partial charge >= 0.3 is 0 Å². The number of nitrogens with two attached hydrogens (primary N) is 2. The SMILES string of the molecule is Cc1c(Oc2ccc(F)cc2Br)cc(N)cc1S(N)(=O)=O. The summed E-state index contributed by atoms with van der Waals surface area (Å²) in [6.45, 7) is 1.55. The number of sulfonamides is 1. The molecule has 0 aromatic heterocycles. The Labute approximate surface area is 129 Å². The first-order chi connectivity index (χ1) is 9.68. The molecule has 2 aromatic rings. The van der Waals surface area contributed by atoms with Crippen LogP contribution in [0.4, 0.5) is 10.1 Å². The van der Waals surface area contributed by atoms with Crippen LogP contribution in [0.25, 0.3) is 0 Å². The van der Waals surface area contributed by atoms with Crippen LogP contribution in [0.5, 0.6) is 11.5 Å². The van der Waals surface area contributed by atoms with Crippen molar-refractivity contribution in [1.29, 1.82) is 0 Å². The molecule has 0 aliphatic rings. The fourth-order valence-corrected chi connectivity index (χ4v) is 3.02. The molecule has 0 bridgehead atoms. The molecule has 0 fully saturated rings. The van der Waals surface area contributed by atoms with E-state index < -0.39 is 15.8 Å². The Hall–Kier alpha value is -1.64. The van der Waals surface area contributed by atoms with E-state index in [9.17, 15) is 12.8 Å². The molecule has 2 rings (SSSR count). The van der Waals surface area contributed by atoms with Crippen LogP contribution in [-0.2, 0) is 10.0 Å². The summed E-state index contributed by atoms with van der Waals surface area (Å²) < 4.78 is 42.1. The molecule has 5 nitrogen and oxygen atoms in total. The summed E-state index contributed by atoms with van der Waals surface area (Å²) in [5, 5.41) is 5.14. The van der Waals surface area contributed by atoms with E-state index in [1.807, 2.05) is 0 Å². The van der Waals surface area contributed by atoms with Gasteiger partial charge < -0.3 is 10.5 Å². The van der Waals surface area contributed by atoms with Gasteiger partial charge in [0, 0.05) is 17.3 Å². The molecule has 4 N–H and O–H groups in total. The van der Waals surface area contributed by atoms with Crippen molar-refractivity contribution in [2.75, 3.05) is 5.73 Å². The molecular formula is C13H12BrFN2O3S. The second-order valence-electron chi connectivity index (χ2n) is 4.36. The fraction of sp³-hybridized carbons (Fsp3) is 0.0769. The summed E-state index contributed by atoms with van der Waals surface area (Å²) >= 11 is 3.17. The first kappa shape index (κ1) is 15.7. The van der Waals surface area contributed by atoms with Crippen molar-refractivity contribution in [1.82, 2.24) is 0 Å². The summed E-state index contributed by atoms with van der Waals surface area (Å²) in [6, 6.07) is 6.61. The van der Waals surface area contributed by atoms with Crippen molar-refractivity contribution < 1.29 is 17.5 Å². The highest BCUT2D eigenvalue weighted by Gasteiger charge is 2.17. The number of primary sulfonamides is 1. The van der Waals surface area contributed by atoms with Gasteiger partial charge in [-0.15, -0.1) is 0 Å². The fourth-order valence-electron chi connectivity index (χ4n) is 1.76. The van der Waals surface area contributed by atoms with Gasteiger partial charge in [0.2, 0.25) is 10.0 Å². The van der Waals surface area contributed by atoms with E-state index >= 15 is 0 Å². The molecule has 0 saturated carbocycles. The van der Waals surface area contributed by atoms with Crippen molar-refractivity contribution >= 4 is 31.6 Å². The lowest BCUT2D eigenvalue weighted by Gasteiger charge is -2.13. The summed E-state index contributed by atoms with van der Waals surface area (Å²) in [5.74, 6) is 0.126. The number of anilines is 1. The number of rotatable bonds is 3. The molecule has 0 spiro atoms. The number of hydrogen-bond donors (Lipinski definition) is 2. The minimum absolute atomic E-state index is 0.115. The van der Waals surface area contributed by atoms with Crippen molar-refractivity contribution in [3.63, 3.8) is 0 Å². The average molecular weight is 375 g/mol. The van der Waals surface area contributed by atoms with Gasteiger partial charge in [-0.3, -0.25) is 0 Å². The molecule has 0 radical (unpaired) electrons. The predicted molar refractivity (Wildman–Crippen MR) is 81.1 cm³/mol. The van der Waals surface area contributed by atoms with Crippen LogP contribution in [0.15, 0.2) is 39.7 Å². The molecule has 0 aliphatic heterocycles. The van der Waals surface area contributed by atoms with Crippen LogP contribution in [0.1, 0.15) is 5.56 Å². The summed E-state index contributed by atoms with van der Waals surface area (Å²) in [7, 11) is -3.92. The molecule has 21 heavy (non-hydrogen) atoms. The molecule has 0 aliphatic carbocycles. The van der Waals surface area contributed by atoms with Crippen molar-refractivity contribution in [2.24, 2.45) is 5.14 Å². The topological polar surface area (TPSA) is 95.4 Å². The summed E-state index contributed by atoms with van der Waals surface area (Å²) in [4.78, 5) is -0.115. The van der Waals surface area contributed by atoms with Gasteiger partial charge in [0.1, 0.15) is 17.3 Å². The van der Waals surface area contributed by atoms with Crippen LogP contribution in [0.3, 0.4) is 0 Å². The Morgan fingerprint density at radius 2 is 1.86 bits per heavy atom. The van der Waals surface area contributed by atoms with Crippen molar-refractivity contribution in [3.8, 4) is 11.5 Å². The van der Waals surface area contributed by atoms with E-state index in [1.54, 1.807) is 6.92 Å². The third kappa shape index (κ3) is 3.52. The lowest BCUT2D eigenvalue weighted by Crippen LogP contribution is -2.14. The molecule has 0 saturated heterocycles. The summed E-state index contributed by atoms with van der Waals surface area (Å²) in [6.07, 6.45) is 0. The van der Waals surface area contributed by atoms with E-state index in [0.29, 0.717) is 15.8 Å². The van der Waals surface area contributed by atoms with Gasteiger partial charge in [-0.2, -0.15) is 0 Å². The zero-order chi connectivity index (χ0) is 15.8. The largest absolute Gasteiger partial charge is 0.456 e. The Balaban J connectivity index is 2.52. The summed E-state index contributed by atoms with van der Waals surface area (Å²) in [5.41, 5.74) is 6.18. The number of hydrogen-bond acceptors (Lipinski definition) is 4. The van der Waals surface area contributed by atoms with E-state index in [1.165, 1.54) is 30.3 Å². The molecular weight excluding hydrogens is 363 g/mol. The molecule has 8 heteroatoms.